The van der Waals surface area contributed by atoms with Crippen molar-refractivity contribution in [1.29, 1.82) is 0 Å². The van der Waals surface area contributed by atoms with Crippen molar-refractivity contribution in [3.05, 3.63) is 29.8 Å². The second-order valence-electron chi connectivity index (χ2n) is 4.16. The zero-order valence-electron chi connectivity index (χ0n) is 11.1. The SMILES string of the molecule is CCN(CC)CCCNc1ccccc1C(=O)O. The van der Waals surface area contributed by atoms with Crippen LogP contribution >= 0.6 is 0 Å². The van der Waals surface area contributed by atoms with E-state index in [2.05, 4.69) is 24.1 Å². The molecule has 0 unspecified atom stereocenters. The topological polar surface area (TPSA) is 52.6 Å². The summed E-state index contributed by atoms with van der Waals surface area (Å²) in [5, 5.41) is 12.2. The molecule has 1 aromatic rings. The van der Waals surface area contributed by atoms with Gasteiger partial charge in [0.1, 0.15) is 0 Å². The molecule has 4 heteroatoms. The Morgan fingerprint density at radius 1 is 1.28 bits per heavy atom. The van der Waals surface area contributed by atoms with Gasteiger partial charge in [0.15, 0.2) is 0 Å². The molecular formula is C14H22N2O2. The van der Waals surface area contributed by atoms with Gasteiger partial charge in [0.2, 0.25) is 0 Å². The summed E-state index contributed by atoms with van der Waals surface area (Å²) in [6, 6.07) is 7.01. The predicted molar refractivity (Wildman–Crippen MR) is 74.3 cm³/mol. The summed E-state index contributed by atoms with van der Waals surface area (Å²) in [5.74, 6) is -0.887. The minimum Gasteiger partial charge on any atom is -0.478 e. The number of nitrogens with zero attached hydrogens (tertiary/aromatic N) is 1. The lowest BCUT2D eigenvalue weighted by Crippen LogP contribution is -2.25. The standard InChI is InChI=1S/C14H22N2O2/c1-3-16(4-2)11-7-10-15-13-9-6-5-8-12(13)14(17)18/h5-6,8-9,15H,3-4,7,10-11H2,1-2H3,(H,17,18). The van der Waals surface area contributed by atoms with Crippen LogP contribution in [0.15, 0.2) is 24.3 Å². The number of para-hydroxylation sites is 1. The fourth-order valence-corrected chi connectivity index (χ4v) is 1.89. The van der Waals surface area contributed by atoms with E-state index in [9.17, 15) is 4.79 Å². The van der Waals surface area contributed by atoms with Gasteiger partial charge in [0.25, 0.3) is 0 Å². The minimum atomic E-state index is -0.887. The summed E-state index contributed by atoms with van der Waals surface area (Å²) >= 11 is 0. The molecule has 0 aliphatic rings. The Morgan fingerprint density at radius 2 is 1.94 bits per heavy atom. The molecule has 100 valence electrons. The Morgan fingerprint density at radius 3 is 2.56 bits per heavy atom. The zero-order valence-corrected chi connectivity index (χ0v) is 11.1. The van der Waals surface area contributed by atoms with E-state index < -0.39 is 5.97 Å². The van der Waals surface area contributed by atoms with E-state index >= 15 is 0 Å². The molecule has 1 aromatic carbocycles. The molecule has 18 heavy (non-hydrogen) atoms. The third-order valence-electron chi connectivity index (χ3n) is 3.02. The largest absolute Gasteiger partial charge is 0.478 e. The normalized spacial score (nSPS) is 10.6. The van der Waals surface area contributed by atoms with Crippen molar-refractivity contribution >= 4 is 11.7 Å². The van der Waals surface area contributed by atoms with Crippen LogP contribution < -0.4 is 5.32 Å². The summed E-state index contributed by atoms with van der Waals surface area (Å²) in [6.07, 6.45) is 1.01. The fraction of sp³-hybridized carbons (Fsp3) is 0.500. The van der Waals surface area contributed by atoms with Crippen LogP contribution in [0.4, 0.5) is 5.69 Å². The van der Waals surface area contributed by atoms with Crippen molar-refractivity contribution < 1.29 is 9.90 Å². The van der Waals surface area contributed by atoms with Gasteiger partial charge in [-0.3, -0.25) is 0 Å². The van der Waals surface area contributed by atoms with Gasteiger partial charge in [-0.1, -0.05) is 26.0 Å². The van der Waals surface area contributed by atoms with Crippen molar-refractivity contribution in [3.63, 3.8) is 0 Å². The lowest BCUT2D eigenvalue weighted by molar-refractivity contribution is 0.0698. The molecule has 0 atom stereocenters. The molecule has 0 aliphatic carbocycles. The number of aromatic carboxylic acids is 1. The van der Waals surface area contributed by atoms with Crippen LogP contribution in [0.3, 0.4) is 0 Å². The number of benzene rings is 1. The maximum absolute atomic E-state index is 11.0. The highest BCUT2D eigenvalue weighted by Gasteiger charge is 2.07. The molecule has 0 aromatic heterocycles. The van der Waals surface area contributed by atoms with Crippen molar-refractivity contribution in [2.24, 2.45) is 0 Å². The van der Waals surface area contributed by atoms with Crippen molar-refractivity contribution in [3.8, 4) is 0 Å². The van der Waals surface area contributed by atoms with Crippen molar-refractivity contribution in [2.75, 3.05) is 31.5 Å². The van der Waals surface area contributed by atoms with Crippen LogP contribution in [0, 0.1) is 0 Å². The number of carboxylic acids is 1. The molecule has 0 saturated heterocycles. The highest BCUT2D eigenvalue weighted by molar-refractivity contribution is 5.94. The summed E-state index contributed by atoms with van der Waals surface area (Å²) < 4.78 is 0. The molecule has 0 heterocycles. The van der Waals surface area contributed by atoms with E-state index in [0.29, 0.717) is 11.3 Å². The minimum absolute atomic E-state index is 0.334. The molecule has 4 nitrogen and oxygen atoms in total. The van der Waals surface area contributed by atoms with Crippen LogP contribution in [-0.4, -0.2) is 42.2 Å². The van der Waals surface area contributed by atoms with E-state index in [1.807, 2.05) is 6.07 Å². The number of hydrogen-bond acceptors (Lipinski definition) is 3. The van der Waals surface area contributed by atoms with Gasteiger partial charge in [0.05, 0.1) is 5.56 Å². The zero-order chi connectivity index (χ0) is 13.4. The number of nitrogens with one attached hydrogen (secondary N) is 1. The molecule has 0 amide bonds. The Kier molecular flexibility index (Phi) is 6.22. The number of rotatable bonds is 8. The third-order valence-corrected chi connectivity index (χ3v) is 3.02. The smallest absolute Gasteiger partial charge is 0.337 e. The second-order valence-corrected chi connectivity index (χ2v) is 4.16. The van der Waals surface area contributed by atoms with Gasteiger partial charge >= 0.3 is 5.97 Å². The summed E-state index contributed by atoms with van der Waals surface area (Å²) in [6.45, 7) is 8.24. The van der Waals surface area contributed by atoms with Gasteiger partial charge in [0, 0.05) is 12.2 Å². The molecule has 2 N–H and O–H groups in total. The average Bonchev–Trinajstić information content (AvgIpc) is 2.39. The molecule has 0 radical (unpaired) electrons. The molecule has 0 aliphatic heterocycles. The molecule has 0 spiro atoms. The first kappa shape index (κ1) is 14.5. The van der Waals surface area contributed by atoms with Gasteiger partial charge in [-0.2, -0.15) is 0 Å². The number of carboxylic acid groups (broad SMARTS) is 1. The summed E-state index contributed by atoms with van der Waals surface area (Å²) in [4.78, 5) is 13.4. The van der Waals surface area contributed by atoms with E-state index in [-0.39, 0.29) is 0 Å². The lowest BCUT2D eigenvalue weighted by Gasteiger charge is -2.18. The monoisotopic (exact) mass is 250 g/mol. The van der Waals surface area contributed by atoms with Gasteiger partial charge in [-0.05, 0) is 38.2 Å². The van der Waals surface area contributed by atoms with Crippen molar-refractivity contribution in [2.45, 2.75) is 20.3 Å². The Bertz CT molecular complexity index is 376. The van der Waals surface area contributed by atoms with Crippen LogP contribution in [0.5, 0.6) is 0 Å². The molecule has 1 rings (SSSR count). The van der Waals surface area contributed by atoms with Crippen LogP contribution in [0.2, 0.25) is 0 Å². The van der Waals surface area contributed by atoms with E-state index in [0.717, 1.165) is 32.6 Å². The lowest BCUT2D eigenvalue weighted by atomic mass is 10.2. The first-order chi connectivity index (χ1) is 8.69. The van der Waals surface area contributed by atoms with Gasteiger partial charge in [-0.15, -0.1) is 0 Å². The second kappa shape index (κ2) is 7.71. The molecular weight excluding hydrogens is 228 g/mol. The Labute approximate surface area is 109 Å². The highest BCUT2D eigenvalue weighted by Crippen LogP contribution is 2.14. The van der Waals surface area contributed by atoms with Crippen molar-refractivity contribution in [1.82, 2.24) is 4.90 Å². The van der Waals surface area contributed by atoms with E-state index in [4.69, 9.17) is 5.11 Å². The van der Waals surface area contributed by atoms with Gasteiger partial charge < -0.3 is 15.3 Å². The molecule has 0 fully saturated rings. The number of carbonyl (C=O) groups is 1. The quantitative estimate of drug-likeness (QED) is 0.696. The van der Waals surface area contributed by atoms with E-state index in [1.165, 1.54) is 0 Å². The number of hydrogen-bond donors (Lipinski definition) is 2. The van der Waals surface area contributed by atoms with Crippen LogP contribution in [0.1, 0.15) is 30.6 Å². The highest BCUT2D eigenvalue weighted by atomic mass is 16.4. The summed E-state index contributed by atoms with van der Waals surface area (Å²) in [5.41, 5.74) is 1.03. The number of anilines is 1. The first-order valence-corrected chi connectivity index (χ1v) is 6.47. The maximum Gasteiger partial charge on any atom is 0.337 e. The van der Waals surface area contributed by atoms with Gasteiger partial charge in [-0.25, -0.2) is 4.79 Å². The van der Waals surface area contributed by atoms with Crippen LogP contribution in [-0.2, 0) is 0 Å². The molecule has 0 bridgehead atoms. The first-order valence-electron chi connectivity index (χ1n) is 6.47. The predicted octanol–water partition coefficient (Wildman–Crippen LogP) is 2.53. The van der Waals surface area contributed by atoms with E-state index in [1.54, 1.807) is 18.2 Å². The summed E-state index contributed by atoms with van der Waals surface area (Å²) in [7, 11) is 0. The average molecular weight is 250 g/mol. The van der Waals surface area contributed by atoms with Crippen LogP contribution in [0.25, 0.3) is 0 Å². The Hall–Kier alpha value is -1.55. The maximum atomic E-state index is 11.0. The Balaban J connectivity index is 2.42. The third kappa shape index (κ3) is 4.37. The molecule has 0 saturated carbocycles. The fourth-order valence-electron chi connectivity index (χ4n) is 1.89.